The summed E-state index contributed by atoms with van der Waals surface area (Å²) in [5.41, 5.74) is -0.116. The fourth-order valence-corrected chi connectivity index (χ4v) is 4.94. The van der Waals surface area contributed by atoms with E-state index in [0.29, 0.717) is 9.79 Å². The molecule has 0 spiro atoms. The summed E-state index contributed by atoms with van der Waals surface area (Å²) in [6.45, 7) is -3.39. The van der Waals surface area contributed by atoms with Crippen molar-refractivity contribution in [2.24, 2.45) is 0 Å². The van der Waals surface area contributed by atoms with Crippen molar-refractivity contribution in [1.29, 1.82) is 0 Å². The minimum atomic E-state index is -4.64. The van der Waals surface area contributed by atoms with E-state index in [1.807, 2.05) is 18.2 Å². The smallest absolute Gasteiger partial charge is 0.422 e. The summed E-state index contributed by atoms with van der Waals surface area (Å²) in [5, 5.41) is 0. The lowest BCUT2D eigenvalue weighted by molar-refractivity contribution is -0.161. The SMILES string of the molecule is O=C(OCC(F)(F)F)c1ccc([S+](c2ccccc2)c2ccc(C(=O)OCC(F)(F)F)cc2)cc1. The van der Waals surface area contributed by atoms with Crippen molar-refractivity contribution in [2.75, 3.05) is 13.2 Å². The van der Waals surface area contributed by atoms with Crippen LogP contribution in [0.4, 0.5) is 26.3 Å². The van der Waals surface area contributed by atoms with Crippen LogP contribution >= 0.6 is 0 Å². The Bertz CT molecular complexity index is 1070. The van der Waals surface area contributed by atoms with Crippen LogP contribution in [0.3, 0.4) is 0 Å². The number of benzene rings is 3. The third kappa shape index (κ3) is 7.78. The maximum absolute atomic E-state index is 12.3. The van der Waals surface area contributed by atoms with Gasteiger partial charge in [-0.1, -0.05) is 18.2 Å². The van der Waals surface area contributed by atoms with Crippen molar-refractivity contribution in [3.63, 3.8) is 0 Å². The van der Waals surface area contributed by atoms with Gasteiger partial charge in [0.15, 0.2) is 27.9 Å². The molecule has 11 heteroatoms. The van der Waals surface area contributed by atoms with Crippen molar-refractivity contribution in [3.8, 4) is 0 Å². The molecule has 0 atom stereocenters. The van der Waals surface area contributed by atoms with E-state index < -0.39 is 48.4 Å². The molecule has 0 fully saturated rings. The van der Waals surface area contributed by atoms with Gasteiger partial charge in [-0.05, 0) is 60.7 Å². The van der Waals surface area contributed by atoms with Crippen LogP contribution in [-0.4, -0.2) is 37.5 Å². The minimum absolute atomic E-state index is 0.0580. The van der Waals surface area contributed by atoms with Gasteiger partial charge in [-0.25, -0.2) is 9.59 Å². The molecular formula is C24H17F6O4S+. The van der Waals surface area contributed by atoms with E-state index in [0.717, 1.165) is 4.90 Å². The number of hydrogen-bond acceptors (Lipinski definition) is 4. The third-order valence-corrected chi connectivity index (χ3v) is 6.59. The quantitative estimate of drug-likeness (QED) is 0.213. The monoisotopic (exact) mass is 515 g/mol. The van der Waals surface area contributed by atoms with E-state index in [2.05, 4.69) is 9.47 Å². The average molecular weight is 515 g/mol. The minimum Gasteiger partial charge on any atom is -0.452 e. The van der Waals surface area contributed by atoms with E-state index in [1.165, 1.54) is 24.3 Å². The molecule has 0 radical (unpaired) electrons. The van der Waals surface area contributed by atoms with Gasteiger partial charge in [0.25, 0.3) is 0 Å². The molecule has 35 heavy (non-hydrogen) atoms. The zero-order chi connectivity index (χ0) is 25.6. The summed E-state index contributed by atoms with van der Waals surface area (Å²) in [4.78, 5) is 26.1. The van der Waals surface area contributed by atoms with E-state index in [4.69, 9.17) is 0 Å². The molecule has 0 aliphatic rings. The highest BCUT2D eigenvalue weighted by atomic mass is 32.2. The van der Waals surface area contributed by atoms with Crippen molar-refractivity contribution in [2.45, 2.75) is 27.0 Å². The van der Waals surface area contributed by atoms with E-state index in [9.17, 15) is 35.9 Å². The van der Waals surface area contributed by atoms with Gasteiger partial charge >= 0.3 is 24.3 Å². The summed E-state index contributed by atoms with van der Waals surface area (Å²) in [5.74, 6) is -2.23. The molecule has 0 saturated carbocycles. The standard InChI is InChI=1S/C24H17F6O4S/c25-23(26,27)14-33-21(31)16-6-10-19(11-7-16)35(18-4-2-1-3-5-18)20-12-8-17(9-13-20)22(32)34-15-24(28,29)30/h1-13H,14-15H2/q+1. The van der Waals surface area contributed by atoms with Gasteiger partial charge in [0.05, 0.1) is 22.0 Å². The summed E-state index contributed by atoms with van der Waals surface area (Å²) in [6, 6.07) is 20.8. The number of halogens is 6. The summed E-state index contributed by atoms with van der Waals surface area (Å²) in [6.07, 6.45) is -9.28. The molecule has 0 aromatic heterocycles. The number of hydrogen-bond donors (Lipinski definition) is 0. The number of ether oxygens (including phenoxy) is 2. The Balaban J connectivity index is 1.84. The molecule has 4 nitrogen and oxygen atoms in total. The van der Waals surface area contributed by atoms with Gasteiger partial charge in [0.1, 0.15) is 0 Å². The molecule has 0 aliphatic carbocycles. The van der Waals surface area contributed by atoms with Crippen LogP contribution in [0.5, 0.6) is 0 Å². The second-order valence-corrected chi connectivity index (χ2v) is 9.08. The highest BCUT2D eigenvalue weighted by Gasteiger charge is 2.32. The normalized spacial score (nSPS) is 11.9. The van der Waals surface area contributed by atoms with Crippen LogP contribution in [0.2, 0.25) is 0 Å². The first-order valence-electron chi connectivity index (χ1n) is 9.90. The van der Waals surface area contributed by atoms with Crippen molar-refractivity contribution >= 4 is 22.8 Å². The zero-order valence-corrected chi connectivity index (χ0v) is 18.5. The first kappa shape index (κ1) is 26.1. The van der Waals surface area contributed by atoms with Gasteiger partial charge in [-0.3, -0.25) is 0 Å². The van der Waals surface area contributed by atoms with Crippen molar-refractivity contribution in [1.82, 2.24) is 0 Å². The lowest BCUT2D eigenvalue weighted by atomic mass is 10.2. The molecule has 3 rings (SSSR count). The summed E-state index contributed by atoms with van der Waals surface area (Å²) in [7, 11) is -0.757. The first-order valence-corrected chi connectivity index (χ1v) is 11.1. The lowest BCUT2D eigenvalue weighted by Gasteiger charge is -2.11. The number of alkyl halides is 6. The number of carbonyl (C=O) groups excluding carboxylic acids is 2. The average Bonchev–Trinajstić information content (AvgIpc) is 2.82. The molecule has 0 amide bonds. The largest absolute Gasteiger partial charge is 0.452 e. The number of carbonyl (C=O) groups is 2. The maximum Gasteiger partial charge on any atom is 0.422 e. The number of rotatable bonds is 7. The second-order valence-electron chi connectivity index (χ2n) is 7.05. The molecule has 184 valence electrons. The highest BCUT2D eigenvalue weighted by molar-refractivity contribution is 7.97. The Kier molecular flexibility index (Phi) is 8.11. The molecule has 3 aromatic carbocycles. The molecular weight excluding hydrogens is 498 g/mol. The second kappa shape index (κ2) is 10.9. The molecule has 0 saturated heterocycles. The van der Waals surface area contributed by atoms with E-state index >= 15 is 0 Å². The van der Waals surface area contributed by atoms with Crippen LogP contribution in [-0.2, 0) is 20.4 Å². The van der Waals surface area contributed by atoms with Gasteiger partial charge < -0.3 is 9.47 Å². The summed E-state index contributed by atoms with van der Waals surface area (Å²) < 4.78 is 82.3. The Morgan fingerprint density at radius 3 is 1.26 bits per heavy atom. The van der Waals surface area contributed by atoms with Crippen LogP contribution in [0.1, 0.15) is 20.7 Å². The topological polar surface area (TPSA) is 52.6 Å². The molecule has 0 N–H and O–H groups in total. The van der Waals surface area contributed by atoms with E-state index in [1.54, 1.807) is 36.4 Å². The fourth-order valence-electron chi connectivity index (χ4n) is 2.88. The van der Waals surface area contributed by atoms with Crippen molar-refractivity contribution in [3.05, 3.63) is 90.0 Å². The van der Waals surface area contributed by atoms with Gasteiger partial charge in [-0.2, -0.15) is 26.3 Å². The first-order chi connectivity index (χ1) is 16.4. The predicted octanol–water partition coefficient (Wildman–Crippen LogP) is 6.22. The Hall–Kier alpha value is -3.47. The molecule has 3 aromatic rings. The number of esters is 2. The van der Waals surface area contributed by atoms with Gasteiger partial charge in [0.2, 0.25) is 0 Å². The van der Waals surface area contributed by atoms with Crippen LogP contribution in [0.15, 0.2) is 93.5 Å². The molecule has 0 unspecified atom stereocenters. The molecule has 0 heterocycles. The predicted molar refractivity (Wildman–Crippen MR) is 114 cm³/mol. The zero-order valence-electron chi connectivity index (χ0n) is 17.7. The van der Waals surface area contributed by atoms with Crippen LogP contribution in [0.25, 0.3) is 0 Å². The molecule has 0 aliphatic heterocycles. The van der Waals surface area contributed by atoms with E-state index in [-0.39, 0.29) is 11.1 Å². The Morgan fingerprint density at radius 2 is 0.914 bits per heavy atom. The highest BCUT2D eigenvalue weighted by Crippen LogP contribution is 2.32. The van der Waals surface area contributed by atoms with Gasteiger partial charge in [-0.15, -0.1) is 0 Å². The van der Waals surface area contributed by atoms with Crippen LogP contribution in [0, 0.1) is 0 Å². The van der Waals surface area contributed by atoms with Crippen molar-refractivity contribution < 1.29 is 45.4 Å². The maximum atomic E-state index is 12.3. The Morgan fingerprint density at radius 1 is 0.571 bits per heavy atom. The molecule has 0 bridgehead atoms. The summed E-state index contributed by atoms with van der Waals surface area (Å²) >= 11 is 0. The Labute approximate surface area is 198 Å². The third-order valence-electron chi connectivity index (χ3n) is 4.36. The van der Waals surface area contributed by atoms with Crippen LogP contribution < -0.4 is 0 Å². The lowest BCUT2D eigenvalue weighted by Crippen LogP contribution is -2.20. The fraction of sp³-hybridized carbons (Fsp3) is 0.167. The van der Waals surface area contributed by atoms with Gasteiger partial charge in [0, 0.05) is 0 Å².